The van der Waals surface area contributed by atoms with E-state index in [9.17, 15) is 18.0 Å². The van der Waals surface area contributed by atoms with E-state index >= 15 is 0 Å². The van der Waals surface area contributed by atoms with Gasteiger partial charge in [-0.15, -0.1) is 0 Å². The fraction of sp³-hybridized carbons (Fsp3) is 0.333. The number of halogens is 4. The average Bonchev–Trinajstić information content (AvgIpc) is 2.85. The lowest BCUT2D eigenvalue weighted by molar-refractivity contribution is -0.138. The van der Waals surface area contributed by atoms with E-state index in [4.69, 9.17) is 0 Å². The molecule has 0 aliphatic carbocycles. The van der Waals surface area contributed by atoms with Crippen LogP contribution >= 0.6 is 27.7 Å². The number of tetrazole rings is 1. The van der Waals surface area contributed by atoms with E-state index in [1.165, 1.54) is 23.5 Å². The second-order valence-corrected chi connectivity index (χ2v) is 6.12. The van der Waals surface area contributed by atoms with Gasteiger partial charge in [0.2, 0.25) is 5.95 Å². The molecule has 0 aliphatic rings. The van der Waals surface area contributed by atoms with Crippen molar-refractivity contribution in [3.05, 3.63) is 33.3 Å². The topological polar surface area (TPSA) is 72.7 Å². The summed E-state index contributed by atoms with van der Waals surface area (Å²) < 4.78 is 40.6. The van der Waals surface area contributed by atoms with Crippen molar-refractivity contribution in [2.75, 3.05) is 11.6 Å². The van der Waals surface area contributed by atoms with Crippen LogP contribution in [0.2, 0.25) is 0 Å². The second-order valence-electron chi connectivity index (χ2n) is 4.46. The number of anilines is 1. The summed E-state index contributed by atoms with van der Waals surface area (Å²) in [5, 5.41) is 13.0. The first-order chi connectivity index (χ1) is 10.8. The van der Waals surface area contributed by atoms with Crippen LogP contribution in [-0.4, -0.2) is 32.4 Å². The molecule has 2 rings (SSSR count). The largest absolute Gasteiger partial charge is 0.416 e. The van der Waals surface area contributed by atoms with Crippen molar-refractivity contribution < 1.29 is 18.0 Å². The summed E-state index contributed by atoms with van der Waals surface area (Å²) in [6, 6.07) is 2.02. The van der Waals surface area contributed by atoms with E-state index < -0.39 is 17.6 Å². The Morgan fingerprint density at radius 1 is 1.43 bits per heavy atom. The van der Waals surface area contributed by atoms with Gasteiger partial charge >= 0.3 is 6.18 Å². The highest BCUT2D eigenvalue weighted by molar-refractivity contribution is 9.10. The van der Waals surface area contributed by atoms with E-state index in [0.29, 0.717) is 0 Å². The van der Waals surface area contributed by atoms with E-state index in [-0.39, 0.29) is 27.3 Å². The lowest BCUT2D eigenvalue weighted by Gasteiger charge is -2.16. The summed E-state index contributed by atoms with van der Waals surface area (Å²) in [5.41, 5.74) is -0.672. The molecule has 0 saturated heterocycles. The molecule has 124 valence electrons. The minimum absolute atomic E-state index is 0.0220. The molecule has 0 fully saturated rings. The van der Waals surface area contributed by atoms with Gasteiger partial charge in [-0.1, -0.05) is 5.10 Å². The molecule has 1 heterocycles. The number of carbonyl (C=O) groups is 1. The van der Waals surface area contributed by atoms with E-state index in [1.54, 1.807) is 6.26 Å². The summed E-state index contributed by atoms with van der Waals surface area (Å²) in [6.07, 6.45) is -2.80. The lowest BCUT2D eigenvalue weighted by Crippen LogP contribution is -2.18. The molecule has 6 nitrogen and oxygen atoms in total. The molecule has 23 heavy (non-hydrogen) atoms. The van der Waals surface area contributed by atoms with Crippen LogP contribution < -0.4 is 5.32 Å². The van der Waals surface area contributed by atoms with Crippen molar-refractivity contribution in [3.8, 4) is 0 Å². The molecule has 1 aromatic carbocycles. The quantitative estimate of drug-likeness (QED) is 0.839. The van der Waals surface area contributed by atoms with Gasteiger partial charge in [-0.3, -0.25) is 10.1 Å². The molecular formula is C12H11BrF3N5OS. The molecule has 1 amide bonds. The SMILES string of the molecule is CSCc1c(C(F)(F)F)ccc(C(=O)Nc2nnnn2C)c1Br. The molecule has 11 heteroatoms. The van der Waals surface area contributed by atoms with Gasteiger partial charge in [-0.25, -0.2) is 4.68 Å². The Hall–Kier alpha value is -1.62. The first kappa shape index (κ1) is 17.7. The number of hydrogen-bond acceptors (Lipinski definition) is 5. The molecule has 1 aromatic heterocycles. The predicted octanol–water partition coefficient (Wildman–Crippen LogP) is 3.11. The number of thioether (sulfide) groups is 1. The Bertz CT molecular complexity index is 734. The number of benzene rings is 1. The fourth-order valence-corrected chi connectivity index (χ4v) is 3.29. The van der Waals surface area contributed by atoms with Crippen molar-refractivity contribution in [2.45, 2.75) is 11.9 Å². The monoisotopic (exact) mass is 409 g/mol. The normalized spacial score (nSPS) is 11.6. The van der Waals surface area contributed by atoms with Gasteiger partial charge in [0.15, 0.2) is 0 Å². The molecule has 0 spiro atoms. The van der Waals surface area contributed by atoms with Crippen LogP contribution in [0.3, 0.4) is 0 Å². The number of nitrogens with zero attached hydrogens (tertiary/aromatic N) is 4. The molecule has 0 aliphatic heterocycles. The first-order valence-corrected chi connectivity index (χ1v) is 8.35. The highest BCUT2D eigenvalue weighted by atomic mass is 79.9. The zero-order valence-corrected chi connectivity index (χ0v) is 14.4. The Morgan fingerprint density at radius 3 is 2.65 bits per heavy atom. The molecule has 0 bridgehead atoms. The zero-order valence-electron chi connectivity index (χ0n) is 12.0. The second kappa shape index (κ2) is 6.87. The van der Waals surface area contributed by atoms with Gasteiger partial charge in [0.05, 0.1) is 11.1 Å². The number of alkyl halides is 3. The Labute approximate surface area is 141 Å². The molecule has 2 aromatic rings. The highest BCUT2D eigenvalue weighted by Crippen LogP contribution is 2.38. The lowest BCUT2D eigenvalue weighted by atomic mass is 10.0. The van der Waals surface area contributed by atoms with Crippen molar-refractivity contribution in [1.82, 2.24) is 20.2 Å². The third kappa shape index (κ3) is 3.83. The first-order valence-electron chi connectivity index (χ1n) is 6.17. The maximum Gasteiger partial charge on any atom is 0.416 e. The van der Waals surface area contributed by atoms with Crippen molar-refractivity contribution in [1.29, 1.82) is 0 Å². The van der Waals surface area contributed by atoms with Crippen LogP contribution in [0.1, 0.15) is 21.5 Å². The Balaban J connectivity index is 2.42. The van der Waals surface area contributed by atoms with Crippen LogP contribution in [0.25, 0.3) is 0 Å². The van der Waals surface area contributed by atoms with E-state index in [1.807, 2.05) is 0 Å². The van der Waals surface area contributed by atoms with Gasteiger partial charge in [-0.05, 0) is 50.3 Å². The molecular weight excluding hydrogens is 399 g/mol. The maximum absolute atomic E-state index is 13.1. The third-order valence-electron chi connectivity index (χ3n) is 2.93. The van der Waals surface area contributed by atoms with E-state index in [0.717, 1.165) is 12.1 Å². The molecule has 0 atom stereocenters. The van der Waals surface area contributed by atoms with Crippen LogP contribution in [0.4, 0.5) is 19.1 Å². The van der Waals surface area contributed by atoms with Gasteiger partial charge < -0.3 is 0 Å². The van der Waals surface area contributed by atoms with Crippen LogP contribution in [0.5, 0.6) is 0 Å². The number of nitrogens with one attached hydrogen (secondary N) is 1. The third-order valence-corrected chi connectivity index (χ3v) is 4.41. The number of carbonyl (C=O) groups excluding carboxylic acids is 1. The number of amides is 1. The van der Waals surface area contributed by atoms with E-state index in [2.05, 4.69) is 36.8 Å². The number of hydrogen-bond donors (Lipinski definition) is 1. The minimum atomic E-state index is -4.49. The molecule has 0 unspecified atom stereocenters. The summed E-state index contributed by atoms with van der Waals surface area (Å²) in [5.74, 6) is -0.402. The van der Waals surface area contributed by atoms with Crippen LogP contribution in [0, 0.1) is 0 Å². The number of aromatic nitrogens is 4. The molecule has 1 N–H and O–H groups in total. The summed E-state index contributed by atoms with van der Waals surface area (Å²) in [6.45, 7) is 0. The van der Waals surface area contributed by atoms with Crippen molar-refractivity contribution >= 4 is 39.5 Å². The Morgan fingerprint density at radius 2 is 2.13 bits per heavy atom. The van der Waals surface area contributed by atoms with Crippen molar-refractivity contribution in [3.63, 3.8) is 0 Å². The summed E-state index contributed by atoms with van der Waals surface area (Å²) in [4.78, 5) is 12.3. The zero-order chi connectivity index (χ0) is 17.2. The average molecular weight is 410 g/mol. The maximum atomic E-state index is 13.1. The Kier molecular flexibility index (Phi) is 5.30. The summed E-state index contributed by atoms with van der Waals surface area (Å²) in [7, 11) is 1.52. The highest BCUT2D eigenvalue weighted by Gasteiger charge is 2.35. The standard InChI is InChI=1S/C12H11BrF3N5OS/c1-21-11(18-19-20-21)17-10(22)6-3-4-8(12(14,15)16)7(5-23-2)9(6)13/h3-4H,5H2,1-2H3,(H,17,18,20,22). The fourth-order valence-electron chi connectivity index (χ4n) is 1.85. The van der Waals surface area contributed by atoms with Crippen LogP contribution in [-0.2, 0) is 19.0 Å². The van der Waals surface area contributed by atoms with Crippen LogP contribution in [0.15, 0.2) is 16.6 Å². The van der Waals surface area contributed by atoms with Gasteiger partial charge in [0.1, 0.15) is 0 Å². The summed E-state index contributed by atoms with van der Waals surface area (Å²) >= 11 is 4.35. The van der Waals surface area contributed by atoms with Gasteiger partial charge in [0.25, 0.3) is 5.91 Å². The van der Waals surface area contributed by atoms with Crippen molar-refractivity contribution in [2.24, 2.45) is 7.05 Å². The molecule has 0 radical (unpaired) electrons. The number of rotatable bonds is 4. The molecule has 0 saturated carbocycles. The van der Waals surface area contributed by atoms with Gasteiger partial charge in [0, 0.05) is 17.3 Å². The minimum Gasteiger partial charge on any atom is -0.289 e. The predicted molar refractivity (Wildman–Crippen MR) is 83.1 cm³/mol. The smallest absolute Gasteiger partial charge is 0.289 e. The van der Waals surface area contributed by atoms with Gasteiger partial charge in [-0.2, -0.15) is 24.9 Å². The number of aryl methyl sites for hydroxylation is 1.